The minimum Gasteiger partial charge on any atom is -0.341 e. The van der Waals surface area contributed by atoms with Gasteiger partial charge in [-0.15, -0.1) is 11.3 Å². The summed E-state index contributed by atoms with van der Waals surface area (Å²) in [7, 11) is 0. The molecule has 1 saturated carbocycles. The van der Waals surface area contributed by atoms with Gasteiger partial charge in [0.25, 0.3) is 0 Å². The Balaban J connectivity index is 2.22. The molecule has 1 aliphatic rings. The number of nitrogens with zero attached hydrogens (tertiary/aromatic N) is 1. The summed E-state index contributed by atoms with van der Waals surface area (Å²) in [5.41, 5.74) is 1.21. The summed E-state index contributed by atoms with van der Waals surface area (Å²) in [6.45, 7) is 0. The number of aromatic amines is 1. The van der Waals surface area contributed by atoms with Crippen molar-refractivity contribution in [2.24, 2.45) is 0 Å². The van der Waals surface area contributed by atoms with Gasteiger partial charge in [0.2, 0.25) is 0 Å². The van der Waals surface area contributed by atoms with E-state index >= 15 is 0 Å². The molecule has 2 heterocycles. The first-order valence-corrected chi connectivity index (χ1v) is 4.74. The van der Waals surface area contributed by atoms with Crippen LogP contribution in [0.15, 0.2) is 11.4 Å². The molecule has 0 bridgehead atoms. The van der Waals surface area contributed by atoms with Gasteiger partial charge in [-0.1, -0.05) is 0 Å². The van der Waals surface area contributed by atoms with Gasteiger partial charge in [0.05, 0.1) is 5.52 Å². The van der Waals surface area contributed by atoms with Crippen molar-refractivity contribution in [1.29, 1.82) is 0 Å². The summed E-state index contributed by atoms with van der Waals surface area (Å²) in [5, 5.41) is 2.07. The Morgan fingerprint density at radius 2 is 2.45 bits per heavy atom. The lowest BCUT2D eigenvalue weighted by atomic mass is 10.4. The van der Waals surface area contributed by atoms with Crippen LogP contribution in [0.25, 0.3) is 10.3 Å². The van der Waals surface area contributed by atoms with E-state index in [1.165, 1.54) is 24.2 Å². The highest BCUT2D eigenvalue weighted by atomic mass is 32.1. The SMILES string of the molecule is c1cc2[nH]c(C3CC3)nc2s1. The minimum atomic E-state index is 0.745. The van der Waals surface area contributed by atoms with Gasteiger partial charge in [0.1, 0.15) is 10.7 Å². The fourth-order valence-corrected chi connectivity index (χ4v) is 2.04. The number of imidazole rings is 1. The van der Waals surface area contributed by atoms with E-state index in [0.717, 1.165) is 10.7 Å². The van der Waals surface area contributed by atoms with Crippen molar-refractivity contribution in [1.82, 2.24) is 9.97 Å². The molecule has 0 spiro atoms. The van der Waals surface area contributed by atoms with Crippen LogP contribution in [0.4, 0.5) is 0 Å². The van der Waals surface area contributed by atoms with E-state index in [1.54, 1.807) is 11.3 Å². The molecule has 11 heavy (non-hydrogen) atoms. The molecule has 0 amide bonds. The first-order valence-electron chi connectivity index (χ1n) is 3.86. The van der Waals surface area contributed by atoms with Crippen LogP contribution in [0.3, 0.4) is 0 Å². The number of nitrogens with one attached hydrogen (secondary N) is 1. The Bertz CT molecular complexity index is 355. The van der Waals surface area contributed by atoms with E-state index in [2.05, 4.69) is 21.4 Å². The molecule has 0 aliphatic heterocycles. The molecular formula is C8H8N2S. The minimum absolute atomic E-state index is 0.745. The molecule has 3 rings (SSSR count). The van der Waals surface area contributed by atoms with Gasteiger partial charge in [-0.3, -0.25) is 0 Å². The summed E-state index contributed by atoms with van der Waals surface area (Å²) in [6, 6.07) is 2.10. The predicted molar refractivity (Wildman–Crippen MR) is 45.9 cm³/mol. The van der Waals surface area contributed by atoms with Crippen LogP contribution >= 0.6 is 11.3 Å². The van der Waals surface area contributed by atoms with Gasteiger partial charge in [-0.25, -0.2) is 4.98 Å². The Morgan fingerprint density at radius 1 is 1.55 bits per heavy atom. The normalized spacial score (nSPS) is 17.8. The lowest BCUT2D eigenvalue weighted by Crippen LogP contribution is -1.79. The van der Waals surface area contributed by atoms with Crippen molar-refractivity contribution in [3.05, 3.63) is 17.3 Å². The first-order chi connectivity index (χ1) is 5.43. The number of H-pyrrole nitrogens is 1. The predicted octanol–water partition coefficient (Wildman–Crippen LogP) is 2.50. The molecule has 0 atom stereocenters. The van der Waals surface area contributed by atoms with Crippen molar-refractivity contribution in [2.45, 2.75) is 18.8 Å². The second kappa shape index (κ2) is 1.85. The largest absolute Gasteiger partial charge is 0.341 e. The molecule has 1 N–H and O–H groups in total. The zero-order valence-corrected chi connectivity index (χ0v) is 6.82. The van der Waals surface area contributed by atoms with E-state index in [4.69, 9.17) is 0 Å². The molecule has 2 aromatic rings. The van der Waals surface area contributed by atoms with Crippen molar-refractivity contribution in [2.75, 3.05) is 0 Å². The van der Waals surface area contributed by atoms with Crippen LogP contribution in [0.2, 0.25) is 0 Å². The zero-order chi connectivity index (χ0) is 7.26. The lowest BCUT2D eigenvalue weighted by molar-refractivity contribution is 0.987. The van der Waals surface area contributed by atoms with Gasteiger partial charge >= 0.3 is 0 Å². The molecule has 56 valence electrons. The van der Waals surface area contributed by atoms with E-state index in [0.29, 0.717) is 0 Å². The van der Waals surface area contributed by atoms with Crippen LogP contribution in [0.1, 0.15) is 24.6 Å². The summed E-state index contributed by atoms with van der Waals surface area (Å²) >= 11 is 1.71. The average Bonchev–Trinajstić information content (AvgIpc) is 2.60. The van der Waals surface area contributed by atoms with Crippen molar-refractivity contribution in [3.63, 3.8) is 0 Å². The van der Waals surface area contributed by atoms with Crippen molar-refractivity contribution < 1.29 is 0 Å². The fourth-order valence-electron chi connectivity index (χ4n) is 1.31. The second-order valence-corrected chi connectivity index (χ2v) is 3.93. The quantitative estimate of drug-likeness (QED) is 0.689. The summed E-state index contributed by atoms with van der Waals surface area (Å²) in [4.78, 5) is 8.99. The van der Waals surface area contributed by atoms with Gasteiger partial charge in [-0.2, -0.15) is 0 Å². The van der Waals surface area contributed by atoms with E-state index in [9.17, 15) is 0 Å². The molecule has 1 fully saturated rings. The highest BCUT2D eigenvalue weighted by Crippen LogP contribution is 2.39. The number of rotatable bonds is 1. The lowest BCUT2D eigenvalue weighted by Gasteiger charge is -1.84. The summed E-state index contributed by atoms with van der Waals surface area (Å²) in [5.74, 6) is 1.95. The van der Waals surface area contributed by atoms with Gasteiger partial charge in [0.15, 0.2) is 0 Å². The molecule has 2 nitrogen and oxygen atoms in total. The maximum atomic E-state index is 4.50. The Kier molecular flexibility index (Phi) is 0.973. The fraction of sp³-hybridized carbons (Fsp3) is 0.375. The third-order valence-corrected chi connectivity index (χ3v) is 2.90. The third kappa shape index (κ3) is 0.807. The van der Waals surface area contributed by atoms with Gasteiger partial charge in [0, 0.05) is 5.92 Å². The highest BCUT2D eigenvalue weighted by Gasteiger charge is 2.26. The number of hydrogen-bond donors (Lipinski definition) is 1. The summed E-state index contributed by atoms with van der Waals surface area (Å²) < 4.78 is 0. The van der Waals surface area contributed by atoms with Crippen LogP contribution in [-0.2, 0) is 0 Å². The van der Waals surface area contributed by atoms with Crippen LogP contribution in [0.5, 0.6) is 0 Å². The molecule has 0 radical (unpaired) electrons. The molecule has 2 aromatic heterocycles. The standard InChI is InChI=1S/C8H8N2S/c1-2-5(1)7-9-6-3-4-11-8(6)10-7/h3-5H,1-2H2,(H,9,10). The van der Waals surface area contributed by atoms with Crippen molar-refractivity contribution >= 4 is 21.7 Å². The van der Waals surface area contributed by atoms with Crippen LogP contribution in [0, 0.1) is 0 Å². The zero-order valence-electron chi connectivity index (χ0n) is 6.00. The number of aromatic nitrogens is 2. The Hall–Kier alpha value is -0.830. The van der Waals surface area contributed by atoms with E-state index in [1.807, 2.05) is 0 Å². The molecule has 0 aromatic carbocycles. The number of hydrogen-bond acceptors (Lipinski definition) is 2. The first kappa shape index (κ1) is 5.77. The van der Waals surface area contributed by atoms with Crippen molar-refractivity contribution in [3.8, 4) is 0 Å². The van der Waals surface area contributed by atoms with Crippen LogP contribution < -0.4 is 0 Å². The van der Waals surface area contributed by atoms with Gasteiger partial charge < -0.3 is 4.98 Å². The van der Waals surface area contributed by atoms with Gasteiger partial charge in [-0.05, 0) is 24.3 Å². The molecular weight excluding hydrogens is 156 g/mol. The number of thiophene rings is 1. The topological polar surface area (TPSA) is 28.7 Å². The molecule has 0 saturated heterocycles. The second-order valence-electron chi connectivity index (χ2n) is 3.04. The third-order valence-electron chi connectivity index (χ3n) is 2.09. The van der Waals surface area contributed by atoms with E-state index < -0.39 is 0 Å². The average molecular weight is 164 g/mol. The maximum absolute atomic E-state index is 4.50. The molecule has 3 heteroatoms. The van der Waals surface area contributed by atoms with Crippen LogP contribution in [-0.4, -0.2) is 9.97 Å². The Labute approximate surface area is 68.3 Å². The Morgan fingerprint density at radius 3 is 3.18 bits per heavy atom. The maximum Gasteiger partial charge on any atom is 0.141 e. The number of fused-ring (bicyclic) bond motifs is 1. The van der Waals surface area contributed by atoms with E-state index in [-0.39, 0.29) is 0 Å². The monoisotopic (exact) mass is 164 g/mol. The highest BCUT2D eigenvalue weighted by molar-refractivity contribution is 7.16. The summed E-state index contributed by atoms with van der Waals surface area (Å²) in [6.07, 6.45) is 2.64. The smallest absolute Gasteiger partial charge is 0.141 e. The molecule has 0 unspecified atom stereocenters. The molecule has 1 aliphatic carbocycles.